The van der Waals surface area contributed by atoms with E-state index >= 15 is 0 Å². The minimum Gasteiger partial charge on any atom is -0.504 e. The Labute approximate surface area is 211 Å². The van der Waals surface area contributed by atoms with Crippen molar-refractivity contribution in [2.45, 2.75) is 156 Å². The first kappa shape index (κ1) is 30.7. The smallest absolute Gasteiger partial charge is 0.201 e. The summed E-state index contributed by atoms with van der Waals surface area (Å²) in [5.74, 6) is 0.648. The maximum Gasteiger partial charge on any atom is 0.201 e. The van der Waals surface area contributed by atoms with Gasteiger partial charge in [-0.1, -0.05) is 111 Å². The number of benzene rings is 1. The van der Waals surface area contributed by atoms with Gasteiger partial charge < -0.3 is 14.9 Å². The molecule has 0 heterocycles. The second-order valence-electron chi connectivity index (χ2n) is 10.2. The maximum atomic E-state index is 11.1. The van der Waals surface area contributed by atoms with Crippen LogP contribution in [0.5, 0.6) is 17.2 Å². The predicted molar refractivity (Wildman–Crippen MR) is 148 cm³/mol. The Hall–Kier alpha value is -1.38. The largest absolute Gasteiger partial charge is 0.504 e. The molecular formula is C31H56O3. The minimum absolute atomic E-state index is 0.0122. The van der Waals surface area contributed by atoms with E-state index in [9.17, 15) is 10.2 Å². The molecule has 3 heteroatoms. The molecule has 3 nitrogen and oxygen atoms in total. The lowest BCUT2D eigenvalue weighted by atomic mass is 9.88. The van der Waals surface area contributed by atoms with Crippen molar-refractivity contribution < 1.29 is 14.9 Å². The molecule has 1 rings (SSSR count). The third-order valence-corrected chi connectivity index (χ3v) is 7.06. The second kappa shape index (κ2) is 19.9. The van der Waals surface area contributed by atoms with Crippen molar-refractivity contribution in [2.75, 3.05) is 6.61 Å². The molecule has 1 aromatic rings. The quantitative estimate of drug-likeness (QED) is 0.129. The first-order valence-electron chi connectivity index (χ1n) is 14.8. The molecule has 0 aliphatic carbocycles. The van der Waals surface area contributed by atoms with E-state index in [0.29, 0.717) is 12.4 Å². The summed E-state index contributed by atoms with van der Waals surface area (Å²) in [6.07, 6.45) is 22.9. The highest BCUT2D eigenvalue weighted by Crippen LogP contribution is 2.46. The molecule has 0 bridgehead atoms. The van der Waals surface area contributed by atoms with Crippen LogP contribution in [0.25, 0.3) is 0 Å². The van der Waals surface area contributed by atoms with E-state index in [0.717, 1.165) is 56.9 Å². The average Bonchev–Trinajstić information content (AvgIpc) is 2.84. The number of ether oxygens (including phenoxy) is 1. The topological polar surface area (TPSA) is 49.7 Å². The molecule has 0 atom stereocenters. The molecule has 0 aliphatic rings. The van der Waals surface area contributed by atoms with E-state index in [2.05, 4.69) is 27.7 Å². The molecule has 2 N–H and O–H groups in total. The van der Waals surface area contributed by atoms with E-state index in [-0.39, 0.29) is 11.5 Å². The van der Waals surface area contributed by atoms with Crippen LogP contribution in [0.15, 0.2) is 0 Å². The number of aromatic hydroxyl groups is 2. The third-order valence-electron chi connectivity index (χ3n) is 7.06. The van der Waals surface area contributed by atoms with Crippen molar-refractivity contribution in [3.8, 4) is 17.2 Å². The molecule has 1 aromatic carbocycles. The number of rotatable bonds is 22. The Kier molecular flexibility index (Phi) is 17.9. The highest BCUT2D eigenvalue weighted by atomic mass is 16.5. The summed E-state index contributed by atoms with van der Waals surface area (Å²) in [7, 11) is 0. The lowest BCUT2D eigenvalue weighted by Gasteiger charge is -2.23. The van der Waals surface area contributed by atoms with Crippen LogP contribution in [-0.4, -0.2) is 16.8 Å². The van der Waals surface area contributed by atoms with Crippen molar-refractivity contribution in [2.24, 2.45) is 0 Å². The number of phenols is 2. The standard InChI is InChI=1S/C31H56O3/c1-5-9-13-17-21-25-34-31-28(24-20-16-12-8-4)26(22-18-14-10-6-2)27(29(32)30(31)33)23-19-15-11-7-3/h32-33H,5-25H2,1-4H3. The van der Waals surface area contributed by atoms with Crippen molar-refractivity contribution in [3.05, 3.63) is 16.7 Å². The minimum atomic E-state index is -0.0122. The van der Waals surface area contributed by atoms with Gasteiger partial charge in [0.25, 0.3) is 0 Å². The van der Waals surface area contributed by atoms with Gasteiger partial charge in [0.2, 0.25) is 5.75 Å². The van der Waals surface area contributed by atoms with Gasteiger partial charge in [-0.2, -0.15) is 0 Å². The lowest BCUT2D eigenvalue weighted by molar-refractivity contribution is 0.278. The fraction of sp³-hybridized carbons (Fsp3) is 0.806. The first-order chi connectivity index (χ1) is 16.6. The fourth-order valence-corrected chi connectivity index (χ4v) is 4.91. The maximum absolute atomic E-state index is 11.1. The van der Waals surface area contributed by atoms with Gasteiger partial charge in [-0.3, -0.25) is 0 Å². The zero-order chi connectivity index (χ0) is 25.0. The summed E-state index contributed by atoms with van der Waals surface area (Å²) in [6.45, 7) is 9.56. The Bertz CT molecular complexity index is 638. The number of hydrogen-bond acceptors (Lipinski definition) is 3. The van der Waals surface area contributed by atoms with Crippen molar-refractivity contribution >= 4 is 0 Å². The molecule has 0 radical (unpaired) electrons. The predicted octanol–water partition coefficient (Wildman–Crippen LogP) is 9.82. The van der Waals surface area contributed by atoms with Crippen LogP contribution in [0, 0.1) is 0 Å². The normalized spacial score (nSPS) is 11.3. The lowest BCUT2D eigenvalue weighted by Crippen LogP contribution is -2.08. The van der Waals surface area contributed by atoms with Gasteiger partial charge in [0.1, 0.15) is 0 Å². The highest BCUT2D eigenvalue weighted by molar-refractivity contribution is 5.62. The van der Waals surface area contributed by atoms with Gasteiger partial charge in [0.15, 0.2) is 11.5 Å². The zero-order valence-corrected chi connectivity index (χ0v) is 23.2. The molecular weight excluding hydrogens is 420 g/mol. The Balaban J connectivity index is 3.20. The van der Waals surface area contributed by atoms with Crippen LogP contribution in [0.3, 0.4) is 0 Å². The van der Waals surface area contributed by atoms with Gasteiger partial charge in [-0.15, -0.1) is 0 Å². The van der Waals surface area contributed by atoms with Crippen molar-refractivity contribution in [3.63, 3.8) is 0 Å². The summed E-state index contributed by atoms with van der Waals surface area (Å²) in [5.41, 5.74) is 3.45. The molecule has 0 amide bonds. The van der Waals surface area contributed by atoms with E-state index in [1.165, 1.54) is 88.2 Å². The molecule has 0 unspecified atom stereocenters. The summed E-state index contributed by atoms with van der Waals surface area (Å²) >= 11 is 0. The molecule has 0 aliphatic heterocycles. The fourth-order valence-electron chi connectivity index (χ4n) is 4.91. The van der Waals surface area contributed by atoms with Gasteiger partial charge in [0.05, 0.1) is 6.61 Å². The molecule has 0 spiro atoms. The molecule has 0 saturated carbocycles. The van der Waals surface area contributed by atoms with Gasteiger partial charge in [-0.05, 0) is 50.5 Å². The van der Waals surface area contributed by atoms with E-state index < -0.39 is 0 Å². The van der Waals surface area contributed by atoms with E-state index in [1.54, 1.807) is 0 Å². The molecule has 0 aromatic heterocycles. The SMILES string of the molecule is CCCCCCCOc1c(O)c(O)c(CCCCCC)c(CCCCCC)c1CCCCCC. The number of hydrogen-bond donors (Lipinski definition) is 2. The molecule has 0 saturated heterocycles. The molecule has 34 heavy (non-hydrogen) atoms. The van der Waals surface area contributed by atoms with Gasteiger partial charge in [0, 0.05) is 11.1 Å². The van der Waals surface area contributed by atoms with Crippen molar-refractivity contribution in [1.82, 2.24) is 0 Å². The summed E-state index contributed by atoms with van der Waals surface area (Å²) in [6, 6.07) is 0. The summed E-state index contributed by atoms with van der Waals surface area (Å²) in [5, 5.41) is 22.2. The van der Waals surface area contributed by atoms with E-state index in [1.807, 2.05) is 0 Å². The van der Waals surface area contributed by atoms with Crippen molar-refractivity contribution in [1.29, 1.82) is 0 Å². The Morgan fingerprint density at radius 3 is 1.35 bits per heavy atom. The molecule has 198 valence electrons. The Morgan fingerprint density at radius 2 is 0.853 bits per heavy atom. The van der Waals surface area contributed by atoms with Crippen LogP contribution < -0.4 is 4.74 Å². The van der Waals surface area contributed by atoms with Crippen LogP contribution in [0.1, 0.15) is 154 Å². The third kappa shape index (κ3) is 11.4. The monoisotopic (exact) mass is 476 g/mol. The Morgan fingerprint density at radius 1 is 0.441 bits per heavy atom. The molecule has 0 fully saturated rings. The summed E-state index contributed by atoms with van der Waals surface area (Å²) < 4.78 is 6.24. The van der Waals surface area contributed by atoms with Crippen LogP contribution in [0.2, 0.25) is 0 Å². The van der Waals surface area contributed by atoms with E-state index in [4.69, 9.17) is 4.74 Å². The van der Waals surface area contributed by atoms with Gasteiger partial charge in [-0.25, -0.2) is 0 Å². The van der Waals surface area contributed by atoms with Crippen LogP contribution in [0.4, 0.5) is 0 Å². The number of phenolic OH excluding ortho intramolecular Hbond substituents is 2. The number of unbranched alkanes of at least 4 members (excludes halogenated alkanes) is 13. The second-order valence-corrected chi connectivity index (χ2v) is 10.2. The average molecular weight is 477 g/mol. The van der Waals surface area contributed by atoms with Crippen LogP contribution in [-0.2, 0) is 19.3 Å². The van der Waals surface area contributed by atoms with Gasteiger partial charge >= 0.3 is 0 Å². The highest BCUT2D eigenvalue weighted by Gasteiger charge is 2.24. The van der Waals surface area contributed by atoms with Crippen LogP contribution >= 0.6 is 0 Å². The first-order valence-corrected chi connectivity index (χ1v) is 14.8. The summed E-state index contributed by atoms with van der Waals surface area (Å²) in [4.78, 5) is 0. The zero-order valence-electron chi connectivity index (χ0n) is 23.2.